The minimum Gasteiger partial charge on any atom is -0.448 e. The number of ether oxygens (including phenoxy) is 4. The van der Waals surface area contributed by atoms with Crippen LogP contribution in [0.4, 0.5) is 10.6 Å². The minimum atomic E-state index is -0.757. The summed E-state index contributed by atoms with van der Waals surface area (Å²) < 4.78 is 26.1. The van der Waals surface area contributed by atoms with Crippen molar-refractivity contribution in [2.24, 2.45) is 0 Å². The number of imidazole rings is 1. The second-order valence-electron chi connectivity index (χ2n) is 11.9. The van der Waals surface area contributed by atoms with Gasteiger partial charge in [0.2, 0.25) is 0 Å². The Morgan fingerprint density at radius 3 is 2.60 bits per heavy atom. The number of carbonyl (C=O) groups is 1. The van der Waals surface area contributed by atoms with Crippen molar-refractivity contribution < 1.29 is 23.7 Å². The number of nitrogen functional groups attached to an aromatic ring is 1. The summed E-state index contributed by atoms with van der Waals surface area (Å²) in [6.45, 7) is 12.0. The molecular formula is C28H39N7O5. The van der Waals surface area contributed by atoms with Crippen LogP contribution in [0.25, 0.3) is 11.2 Å². The molecule has 0 bridgehead atoms. The minimum absolute atomic E-state index is 0.0900. The van der Waals surface area contributed by atoms with Gasteiger partial charge in [-0.1, -0.05) is 45.0 Å². The molecular weight excluding hydrogens is 514 g/mol. The Labute approximate surface area is 234 Å². The monoisotopic (exact) mass is 553 g/mol. The number of nitrogens with zero attached hydrogens (tertiary/aromatic N) is 5. The summed E-state index contributed by atoms with van der Waals surface area (Å²) in [6, 6.07) is 8.25. The van der Waals surface area contributed by atoms with Gasteiger partial charge in [-0.2, -0.15) is 0 Å². The number of alkyl carbamates (subject to hydrolysis) is 1. The molecule has 3 aromatic rings. The van der Waals surface area contributed by atoms with E-state index in [9.17, 15) is 4.79 Å². The van der Waals surface area contributed by atoms with E-state index in [-0.39, 0.29) is 30.3 Å². The number of rotatable bonds is 8. The highest BCUT2D eigenvalue weighted by Crippen LogP contribution is 2.44. The molecule has 0 unspecified atom stereocenters. The van der Waals surface area contributed by atoms with Gasteiger partial charge in [0.15, 0.2) is 23.5 Å². The first-order valence-electron chi connectivity index (χ1n) is 13.5. The lowest BCUT2D eigenvalue weighted by Crippen LogP contribution is -2.40. The maximum Gasteiger partial charge on any atom is 0.407 e. The zero-order chi connectivity index (χ0) is 28.7. The third-order valence-corrected chi connectivity index (χ3v) is 7.24. The van der Waals surface area contributed by atoms with E-state index in [4.69, 9.17) is 24.7 Å². The molecule has 0 saturated carbocycles. The van der Waals surface area contributed by atoms with Crippen molar-refractivity contribution in [1.82, 2.24) is 29.7 Å². The molecule has 2 aliphatic heterocycles. The van der Waals surface area contributed by atoms with Crippen LogP contribution in [-0.2, 0) is 30.9 Å². The van der Waals surface area contributed by atoms with E-state index in [1.54, 1.807) is 6.33 Å². The molecule has 0 spiro atoms. The van der Waals surface area contributed by atoms with E-state index in [2.05, 4.69) is 53.2 Å². The standard InChI is InChI=1S/C28H39N7O5/c1-27(2,3)18-9-7-17(8-10-18)13-30-26(36)37-12-11-34(6)14-19-21-22(40-28(4,5)39-21)25(38-19)35-16-33-20-23(29)31-15-32-24(20)35/h7-10,15-16,19,21-22,25H,11-14H2,1-6H3,(H,30,36)(H2,29,31,32)/t19-,21-,22-,25-/m1/s1. The maximum atomic E-state index is 12.3. The molecule has 2 fully saturated rings. The summed E-state index contributed by atoms with van der Waals surface area (Å²) in [6.07, 6.45) is 1.15. The lowest BCUT2D eigenvalue weighted by molar-refractivity contribution is -0.197. The smallest absolute Gasteiger partial charge is 0.407 e. The number of amides is 1. The van der Waals surface area contributed by atoms with Crippen LogP contribution in [0.1, 0.15) is 52.0 Å². The van der Waals surface area contributed by atoms with Crippen molar-refractivity contribution in [3.05, 3.63) is 48.0 Å². The van der Waals surface area contributed by atoms with Gasteiger partial charge in [0.05, 0.1) is 6.33 Å². The summed E-state index contributed by atoms with van der Waals surface area (Å²) in [7, 11) is 1.95. The quantitative estimate of drug-likeness (QED) is 0.428. The fourth-order valence-electron chi connectivity index (χ4n) is 5.13. The molecule has 12 nitrogen and oxygen atoms in total. The van der Waals surface area contributed by atoms with E-state index in [0.717, 1.165) is 5.56 Å². The normalized spacial score (nSPS) is 24.0. The van der Waals surface area contributed by atoms with Crippen molar-refractivity contribution in [2.75, 3.05) is 32.5 Å². The Hall–Kier alpha value is -3.32. The van der Waals surface area contributed by atoms with Crippen LogP contribution in [-0.4, -0.2) is 81.4 Å². The number of carbonyl (C=O) groups excluding carboxylic acids is 1. The summed E-state index contributed by atoms with van der Waals surface area (Å²) in [5.74, 6) is -0.451. The van der Waals surface area contributed by atoms with Crippen LogP contribution in [0, 0.1) is 0 Å². The fraction of sp³-hybridized carbons (Fsp3) is 0.571. The number of hydrogen-bond donors (Lipinski definition) is 2. The van der Waals surface area contributed by atoms with Crippen LogP contribution < -0.4 is 11.1 Å². The van der Waals surface area contributed by atoms with Crippen LogP contribution in [0.2, 0.25) is 0 Å². The Morgan fingerprint density at radius 2 is 1.88 bits per heavy atom. The first kappa shape index (κ1) is 28.2. The molecule has 216 valence electrons. The molecule has 0 aliphatic carbocycles. The molecule has 4 atom stereocenters. The van der Waals surface area contributed by atoms with Crippen molar-refractivity contribution >= 4 is 23.1 Å². The topological polar surface area (TPSA) is 139 Å². The Balaban J connectivity index is 1.13. The average molecular weight is 554 g/mol. The third kappa shape index (κ3) is 6.04. The number of fused-ring (bicyclic) bond motifs is 2. The van der Waals surface area contributed by atoms with Crippen molar-refractivity contribution in [2.45, 2.75) is 76.9 Å². The number of nitrogens with one attached hydrogen (secondary N) is 1. The van der Waals surface area contributed by atoms with Crippen molar-refractivity contribution in [3.63, 3.8) is 0 Å². The number of anilines is 1. The molecule has 12 heteroatoms. The largest absolute Gasteiger partial charge is 0.448 e. The average Bonchev–Trinajstić information content (AvgIpc) is 3.54. The molecule has 2 aliphatic rings. The molecule has 4 heterocycles. The van der Waals surface area contributed by atoms with Gasteiger partial charge in [0.1, 0.15) is 36.8 Å². The lowest BCUT2D eigenvalue weighted by atomic mass is 9.87. The second-order valence-corrected chi connectivity index (χ2v) is 11.9. The molecule has 3 N–H and O–H groups in total. The van der Waals surface area contributed by atoms with E-state index < -0.39 is 18.1 Å². The molecule has 2 aromatic heterocycles. The van der Waals surface area contributed by atoms with Gasteiger partial charge in [-0.15, -0.1) is 0 Å². The number of aromatic nitrogens is 4. The summed E-state index contributed by atoms with van der Waals surface area (Å²) >= 11 is 0. The fourth-order valence-corrected chi connectivity index (χ4v) is 5.13. The summed E-state index contributed by atoms with van der Waals surface area (Å²) in [4.78, 5) is 27.0. The predicted molar refractivity (Wildman–Crippen MR) is 148 cm³/mol. The lowest BCUT2D eigenvalue weighted by Gasteiger charge is -2.27. The van der Waals surface area contributed by atoms with E-state index in [1.807, 2.05) is 42.5 Å². The van der Waals surface area contributed by atoms with Gasteiger partial charge in [-0.05, 0) is 37.4 Å². The van der Waals surface area contributed by atoms with E-state index in [1.165, 1.54) is 11.9 Å². The van der Waals surface area contributed by atoms with Gasteiger partial charge < -0.3 is 34.9 Å². The third-order valence-electron chi connectivity index (χ3n) is 7.24. The van der Waals surface area contributed by atoms with Gasteiger partial charge in [-0.25, -0.2) is 19.7 Å². The predicted octanol–water partition coefficient (Wildman–Crippen LogP) is 2.98. The van der Waals surface area contributed by atoms with Crippen molar-refractivity contribution in [1.29, 1.82) is 0 Å². The summed E-state index contributed by atoms with van der Waals surface area (Å²) in [5.41, 5.74) is 9.42. The molecule has 1 aromatic carbocycles. The zero-order valence-corrected chi connectivity index (χ0v) is 24.0. The van der Waals surface area contributed by atoms with Crippen LogP contribution >= 0.6 is 0 Å². The molecule has 0 radical (unpaired) electrons. The van der Waals surface area contributed by atoms with Crippen molar-refractivity contribution in [3.8, 4) is 0 Å². The van der Waals surface area contributed by atoms with Gasteiger partial charge in [0, 0.05) is 19.6 Å². The molecule has 40 heavy (non-hydrogen) atoms. The summed E-state index contributed by atoms with van der Waals surface area (Å²) in [5, 5.41) is 2.81. The first-order valence-corrected chi connectivity index (χ1v) is 13.5. The zero-order valence-electron chi connectivity index (χ0n) is 24.0. The Bertz CT molecular complexity index is 1340. The highest BCUT2D eigenvalue weighted by atomic mass is 16.8. The van der Waals surface area contributed by atoms with Gasteiger partial charge in [0.25, 0.3) is 0 Å². The highest BCUT2D eigenvalue weighted by molar-refractivity contribution is 5.81. The number of hydrogen-bond acceptors (Lipinski definition) is 10. The number of nitrogens with two attached hydrogens (primary N) is 1. The van der Waals surface area contributed by atoms with Crippen LogP contribution in [0.3, 0.4) is 0 Å². The highest BCUT2D eigenvalue weighted by Gasteiger charge is 2.56. The Morgan fingerprint density at radius 1 is 1.15 bits per heavy atom. The number of likely N-dealkylation sites (N-methyl/N-ethyl adjacent to an activating group) is 1. The maximum absolute atomic E-state index is 12.3. The molecule has 1 amide bonds. The van der Waals surface area contributed by atoms with E-state index in [0.29, 0.717) is 36.6 Å². The van der Waals surface area contributed by atoms with Crippen LogP contribution in [0.15, 0.2) is 36.9 Å². The van der Waals surface area contributed by atoms with Gasteiger partial charge >= 0.3 is 6.09 Å². The van der Waals surface area contributed by atoms with E-state index >= 15 is 0 Å². The number of benzene rings is 1. The molecule has 2 saturated heterocycles. The van der Waals surface area contributed by atoms with Crippen LogP contribution in [0.5, 0.6) is 0 Å². The van der Waals surface area contributed by atoms with Gasteiger partial charge in [-0.3, -0.25) is 4.57 Å². The Kier molecular flexibility index (Phi) is 7.71. The molecule has 5 rings (SSSR count). The first-order chi connectivity index (χ1) is 18.9. The second kappa shape index (κ2) is 10.9. The SMILES string of the molecule is CN(CCOC(=O)NCc1ccc(C(C)(C)C)cc1)C[C@H]1O[C@@H](n2cnc3c(N)ncnc32)[C@@H]2OC(C)(C)O[C@@H]21.